The van der Waals surface area contributed by atoms with Crippen molar-refractivity contribution in [2.45, 2.75) is 33.2 Å². The third-order valence-corrected chi connectivity index (χ3v) is 4.01. The van der Waals surface area contributed by atoms with Gasteiger partial charge in [0.2, 0.25) is 5.91 Å². The molecule has 28 heavy (non-hydrogen) atoms. The molecule has 0 unspecified atom stereocenters. The first-order valence-corrected chi connectivity index (χ1v) is 8.97. The van der Waals surface area contributed by atoms with Crippen molar-refractivity contribution in [3.63, 3.8) is 0 Å². The first kappa shape index (κ1) is 21.0. The Bertz CT molecular complexity index is 853. The molecule has 2 rings (SSSR count). The Kier molecular flexibility index (Phi) is 7.20. The van der Waals surface area contributed by atoms with Crippen LogP contribution >= 0.6 is 0 Å². The number of aryl methyl sites for hydroxylation is 1. The van der Waals surface area contributed by atoms with E-state index in [1.54, 1.807) is 6.92 Å². The molecule has 8 nitrogen and oxygen atoms in total. The van der Waals surface area contributed by atoms with Gasteiger partial charge in [-0.3, -0.25) is 9.59 Å². The third kappa shape index (κ3) is 5.87. The number of carbonyl (C=O) groups is 3. The van der Waals surface area contributed by atoms with Crippen molar-refractivity contribution in [3.05, 3.63) is 47.8 Å². The van der Waals surface area contributed by atoms with Crippen LogP contribution in [0.4, 0.5) is 0 Å². The van der Waals surface area contributed by atoms with Gasteiger partial charge >= 0.3 is 5.97 Å². The molecule has 0 aliphatic heterocycles. The minimum absolute atomic E-state index is 0.110. The molecule has 1 atom stereocenters. The van der Waals surface area contributed by atoms with Crippen LogP contribution in [0.5, 0.6) is 0 Å². The van der Waals surface area contributed by atoms with Gasteiger partial charge in [-0.05, 0) is 19.3 Å². The number of carboxylic acid groups (broad SMARTS) is 1. The van der Waals surface area contributed by atoms with Crippen LogP contribution in [-0.4, -0.2) is 45.4 Å². The van der Waals surface area contributed by atoms with E-state index in [9.17, 15) is 14.4 Å². The lowest BCUT2D eigenvalue weighted by Crippen LogP contribution is -2.46. The molecular formula is C20H24N4O4. The first-order valence-electron chi connectivity index (χ1n) is 8.97. The minimum Gasteiger partial charge on any atom is -0.480 e. The number of benzene rings is 1. The summed E-state index contributed by atoms with van der Waals surface area (Å²) in [6.07, 6.45) is 1.72. The summed E-state index contributed by atoms with van der Waals surface area (Å²) >= 11 is 0. The lowest BCUT2D eigenvalue weighted by molar-refractivity contribution is -0.142. The fourth-order valence-corrected chi connectivity index (χ4v) is 2.61. The second-order valence-corrected chi connectivity index (χ2v) is 6.83. The SMILES string of the molecule is Cc1nc(-c2ccccc2)ncc1C(=O)NCC(=O)N[C@@H](CC(C)C)C(=O)O. The topological polar surface area (TPSA) is 121 Å². The molecule has 148 valence electrons. The normalized spacial score (nSPS) is 11.7. The van der Waals surface area contributed by atoms with Gasteiger partial charge < -0.3 is 15.7 Å². The number of amides is 2. The van der Waals surface area contributed by atoms with E-state index in [2.05, 4.69) is 20.6 Å². The van der Waals surface area contributed by atoms with E-state index in [1.807, 2.05) is 44.2 Å². The number of aromatic nitrogens is 2. The van der Waals surface area contributed by atoms with Gasteiger partial charge in [0.1, 0.15) is 6.04 Å². The zero-order valence-corrected chi connectivity index (χ0v) is 16.1. The summed E-state index contributed by atoms with van der Waals surface area (Å²) in [6, 6.07) is 8.39. The predicted octanol–water partition coefficient (Wildman–Crippen LogP) is 1.80. The molecule has 2 aromatic rings. The molecule has 3 N–H and O–H groups in total. The minimum atomic E-state index is -1.10. The van der Waals surface area contributed by atoms with Gasteiger partial charge in [0, 0.05) is 11.8 Å². The first-order chi connectivity index (χ1) is 13.3. The van der Waals surface area contributed by atoms with E-state index in [-0.39, 0.29) is 18.0 Å². The number of hydrogen-bond acceptors (Lipinski definition) is 5. The summed E-state index contributed by atoms with van der Waals surface area (Å²) in [7, 11) is 0. The molecule has 0 aliphatic carbocycles. The van der Waals surface area contributed by atoms with Crippen LogP contribution < -0.4 is 10.6 Å². The zero-order valence-electron chi connectivity index (χ0n) is 16.1. The standard InChI is InChI=1S/C20H24N4O4/c1-12(2)9-16(20(27)28)24-17(25)11-22-19(26)15-10-21-18(23-13(15)3)14-7-5-4-6-8-14/h4-8,10,12,16H,9,11H2,1-3H3,(H,22,26)(H,24,25)(H,27,28)/t16-/m0/s1. The van der Waals surface area contributed by atoms with E-state index in [0.717, 1.165) is 5.56 Å². The van der Waals surface area contributed by atoms with Crippen molar-refractivity contribution >= 4 is 17.8 Å². The summed E-state index contributed by atoms with van der Waals surface area (Å²) in [5.74, 6) is -1.55. The maximum Gasteiger partial charge on any atom is 0.326 e. The van der Waals surface area contributed by atoms with Crippen LogP contribution in [0, 0.1) is 12.8 Å². The van der Waals surface area contributed by atoms with Gasteiger partial charge in [0.15, 0.2) is 5.82 Å². The highest BCUT2D eigenvalue weighted by atomic mass is 16.4. The summed E-state index contributed by atoms with van der Waals surface area (Å²) in [5, 5.41) is 14.1. The molecule has 0 spiro atoms. The Labute approximate surface area is 163 Å². The summed E-state index contributed by atoms with van der Waals surface area (Å²) in [5.41, 5.74) is 1.57. The van der Waals surface area contributed by atoms with E-state index in [1.165, 1.54) is 6.20 Å². The van der Waals surface area contributed by atoms with Gasteiger partial charge in [0.05, 0.1) is 17.8 Å². The molecule has 0 bridgehead atoms. The number of rotatable bonds is 8. The highest BCUT2D eigenvalue weighted by Crippen LogP contribution is 2.15. The van der Waals surface area contributed by atoms with Crippen molar-refractivity contribution < 1.29 is 19.5 Å². The molecule has 1 aromatic carbocycles. The van der Waals surface area contributed by atoms with E-state index >= 15 is 0 Å². The van der Waals surface area contributed by atoms with Crippen molar-refractivity contribution in [2.75, 3.05) is 6.54 Å². The van der Waals surface area contributed by atoms with E-state index < -0.39 is 23.8 Å². The molecule has 1 aromatic heterocycles. The average Bonchev–Trinajstić information content (AvgIpc) is 2.65. The molecule has 2 amide bonds. The van der Waals surface area contributed by atoms with Crippen LogP contribution in [0.3, 0.4) is 0 Å². The van der Waals surface area contributed by atoms with Crippen LogP contribution in [0.25, 0.3) is 11.4 Å². The van der Waals surface area contributed by atoms with Gasteiger partial charge in [-0.25, -0.2) is 14.8 Å². The molecular weight excluding hydrogens is 360 g/mol. The Hall–Kier alpha value is -3.29. The smallest absolute Gasteiger partial charge is 0.326 e. The monoisotopic (exact) mass is 384 g/mol. The molecule has 0 fully saturated rings. The second-order valence-electron chi connectivity index (χ2n) is 6.83. The summed E-state index contributed by atoms with van der Waals surface area (Å²) in [4.78, 5) is 44.1. The lowest BCUT2D eigenvalue weighted by Gasteiger charge is -2.16. The fourth-order valence-electron chi connectivity index (χ4n) is 2.61. The predicted molar refractivity (Wildman–Crippen MR) is 104 cm³/mol. The van der Waals surface area contributed by atoms with Crippen molar-refractivity contribution in [1.82, 2.24) is 20.6 Å². The van der Waals surface area contributed by atoms with Crippen LogP contribution in [0.15, 0.2) is 36.5 Å². The summed E-state index contributed by atoms with van der Waals surface area (Å²) in [6.45, 7) is 5.09. The maximum absolute atomic E-state index is 12.3. The number of hydrogen-bond donors (Lipinski definition) is 3. The summed E-state index contributed by atoms with van der Waals surface area (Å²) < 4.78 is 0. The molecule has 0 radical (unpaired) electrons. The molecule has 8 heteroatoms. The van der Waals surface area contributed by atoms with E-state index in [0.29, 0.717) is 17.9 Å². The Morgan fingerprint density at radius 2 is 1.82 bits per heavy atom. The highest BCUT2D eigenvalue weighted by Gasteiger charge is 2.21. The number of nitrogens with one attached hydrogen (secondary N) is 2. The maximum atomic E-state index is 12.3. The average molecular weight is 384 g/mol. The van der Waals surface area contributed by atoms with Crippen LogP contribution in [0.1, 0.15) is 36.3 Å². The Morgan fingerprint density at radius 1 is 1.14 bits per heavy atom. The zero-order chi connectivity index (χ0) is 20.7. The van der Waals surface area contributed by atoms with Crippen molar-refractivity contribution in [1.29, 1.82) is 0 Å². The Balaban J connectivity index is 1.97. The number of carbonyl (C=O) groups excluding carboxylic acids is 2. The molecule has 0 aliphatic rings. The quantitative estimate of drug-likeness (QED) is 0.638. The van der Waals surface area contributed by atoms with Gasteiger partial charge in [0.25, 0.3) is 5.91 Å². The van der Waals surface area contributed by atoms with Gasteiger partial charge in [-0.2, -0.15) is 0 Å². The second kappa shape index (κ2) is 9.59. The fraction of sp³-hybridized carbons (Fsp3) is 0.350. The van der Waals surface area contributed by atoms with Crippen LogP contribution in [0.2, 0.25) is 0 Å². The Morgan fingerprint density at radius 3 is 2.39 bits per heavy atom. The van der Waals surface area contributed by atoms with Crippen molar-refractivity contribution in [3.8, 4) is 11.4 Å². The van der Waals surface area contributed by atoms with Crippen molar-refractivity contribution in [2.24, 2.45) is 5.92 Å². The number of carboxylic acids is 1. The largest absolute Gasteiger partial charge is 0.480 e. The molecule has 0 saturated carbocycles. The number of aliphatic carboxylic acids is 1. The van der Waals surface area contributed by atoms with Gasteiger partial charge in [-0.1, -0.05) is 44.2 Å². The lowest BCUT2D eigenvalue weighted by atomic mass is 10.0. The number of nitrogens with zero attached hydrogens (tertiary/aromatic N) is 2. The van der Waals surface area contributed by atoms with Gasteiger partial charge in [-0.15, -0.1) is 0 Å². The third-order valence-electron chi connectivity index (χ3n) is 4.01. The highest BCUT2D eigenvalue weighted by molar-refractivity contribution is 5.97. The molecule has 1 heterocycles. The van der Waals surface area contributed by atoms with E-state index in [4.69, 9.17) is 5.11 Å². The van der Waals surface area contributed by atoms with Crippen LogP contribution in [-0.2, 0) is 9.59 Å². The molecule has 0 saturated heterocycles.